The first-order chi connectivity index (χ1) is 13.2. The van der Waals surface area contributed by atoms with Crippen LogP contribution >= 0.6 is 0 Å². The fourth-order valence-electron chi connectivity index (χ4n) is 4.31. The molecule has 0 aromatic carbocycles. The Labute approximate surface area is 156 Å². The standard InChI is InChI=1S/C19H22N4O4/c24-18(22-14-8-12-1-2-13(14)21-12)15-9-16-11(10-20-15)7-17(27-16)19(25)23-3-5-26-6-4-23/h7,9-10,12-14,21H,1-6,8H2,(H,22,24)/t12-,13+,14-/m1/s1. The third-order valence-electron chi connectivity index (χ3n) is 5.76. The first-order valence-corrected chi connectivity index (χ1v) is 9.51. The molecule has 0 saturated carbocycles. The van der Waals surface area contributed by atoms with E-state index in [0.29, 0.717) is 55.1 Å². The first kappa shape index (κ1) is 16.7. The van der Waals surface area contributed by atoms with Crippen LogP contribution in [-0.4, -0.2) is 66.1 Å². The Morgan fingerprint density at radius 2 is 2.07 bits per heavy atom. The van der Waals surface area contributed by atoms with E-state index < -0.39 is 0 Å². The molecule has 2 bridgehead atoms. The summed E-state index contributed by atoms with van der Waals surface area (Å²) in [5, 5.41) is 7.30. The molecular weight excluding hydrogens is 348 g/mol. The van der Waals surface area contributed by atoms with Gasteiger partial charge in [0.1, 0.15) is 11.3 Å². The lowest BCUT2D eigenvalue weighted by Crippen LogP contribution is -2.43. The van der Waals surface area contributed by atoms with Gasteiger partial charge in [0.05, 0.1) is 13.2 Å². The molecule has 0 aliphatic carbocycles. The smallest absolute Gasteiger partial charge is 0.289 e. The fraction of sp³-hybridized carbons (Fsp3) is 0.526. The lowest BCUT2D eigenvalue weighted by atomic mass is 9.95. The molecule has 3 aliphatic rings. The second-order valence-corrected chi connectivity index (χ2v) is 7.49. The molecule has 2 amide bonds. The van der Waals surface area contributed by atoms with Gasteiger partial charge in [-0.3, -0.25) is 14.6 Å². The molecule has 3 fully saturated rings. The first-order valence-electron chi connectivity index (χ1n) is 9.51. The summed E-state index contributed by atoms with van der Waals surface area (Å²) in [6.07, 6.45) is 4.85. The van der Waals surface area contributed by atoms with Crippen molar-refractivity contribution in [1.82, 2.24) is 20.5 Å². The average Bonchev–Trinajstić information content (AvgIpc) is 3.42. The third kappa shape index (κ3) is 3.08. The van der Waals surface area contributed by atoms with Crippen LogP contribution in [0.15, 0.2) is 22.7 Å². The highest BCUT2D eigenvalue weighted by molar-refractivity contribution is 5.98. The van der Waals surface area contributed by atoms with Crippen LogP contribution in [0.1, 0.15) is 40.3 Å². The summed E-state index contributed by atoms with van der Waals surface area (Å²) in [6, 6.07) is 4.34. The molecule has 3 aliphatic heterocycles. The van der Waals surface area contributed by atoms with Crippen molar-refractivity contribution in [2.75, 3.05) is 26.3 Å². The van der Waals surface area contributed by atoms with Gasteiger partial charge in [0.2, 0.25) is 0 Å². The molecule has 0 radical (unpaired) electrons. The molecule has 0 unspecified atom stereocenters. The minimum atomic E-state index is -0.200. The number of hydrogen-bond donors (Lipinski definition) is 2. The van der Waals surface area contributed by atoms with Crippen molar-refractivity contribution in [2.24, 2.45) is 0 Å². The zero-order valence-corrected chi connectivity index (χ0v) is 14.9. The summed E-state index contributed by atoms with van der Waals surface area (Å²) in [5.74, 6) is -0.0918. The van der Waals surface area contributed by atoms with Gasteiger partial charge in [0.25, 0.3) is 11.8 Å². The summed E-state index contributed by atoms with van der Waals surface area (Å²) < 4.78 is 11.0. The fourth-order valence-corrected chi connectivity index (χ4v) is 4.31. The zero-order chi connectivity index (χ0) is 18.4. The van der Waals surface area contributed by atoms with Gasteiger partial charge >= 0.3 is 0 Å². The van der Waals surface area contributed by atoms with Gasteiger partial charge in [0.15, 0.2) is 5.76 Å². The molecule has 3 atom stereocenters. The van der Waals surface area contributed by atoms with E-state index in [4.69, 9.17) is 9.15 Å². The average molecular weight is 370 g/mol. The minimum absolute atomic E-state index is 0.156. The van der Waals surface area contributed by atoms with Gasteiger partial charge < -0.3 is 24.7 Å². The quantitative estimate of drug-likeness (QED) is 0.834. The molecule has 2 aromatic heterocycles. The van der Waals surface area contributed by atoms with Crippen molar-refractivity contribution in [3.8, 4) is 0 Å². The highest BCUT2D eigenvalue weighted by Gasteiger charge is 2.39. The molecule has 27 heavy (non-hydrogen) atoms. The van der Waals surface area contributed by atoms with Crippen molar-refractivity contribution in [2.45, 2.75) is 37.4 Å². The highest BCUT2D eigenvalue weighted by Crippen LogP contribution is 2.28. The Bertz CT molecular complexity index is 889. The maximum absolute atomic E-state index is 12.6. The molecule has 5 rings (SSSR count). The number of ether oxygens (including phenoxy) is 1. The molecule has 5 heterocycles. The van der Waals surface area contributed by atoms with Gasteiger partial charge in [-0.15, -0.1) is 0 Å². The summed E-state index contributed by atoms with van der Waals surface area (Å²) in [5.41, 5.74) is 0.808. The van der Waals surface area contributed by atoms with Crippen LogP contribution in [0.5, 0.6) is 0 Å². The summed E-state index contributed by atoms with van der Waals surface area (Å²) in [6.45, 7) is 2.18. The van der Waals surface area contributed by atoms with E-state index in [1.807, 2.05) is 0 Å². The van der Waals surface area contributed by atoms with E-state index in [1.54, 1.807) is 23.2 Å². The van der Waals surface area contributed by atoms with Gasteiger partial charge in [-0.2, -0.15) is 0 Å². The lowest BCUT2D eigenvalue weighted by Gasteiger charge is -2.25. The van der Waals surface area contributed by atoms with Gasteiger partial charge in [0, 0.05) is 48.9 Å². The molecule has 2 N–H and O–H groups in total. The number of rotatable bonds is 3. The number of fused-ring (bicyclic) bond motifs is 3. The van der Waals surface area contributed by atoms with Crippen molar-refractivity contribution in [1.29, 1.82) is 0 Å². The molecule has 142 valence electrons. The van der Waals surface area contributed by atoms with E-state index in [0.717, 1.165) is 12.8 Å². The van der Waals surface area contributed by atoms with Crippen LogP contribution in [0.2, 0.25) is 0 Å². The van der Waals surface area contributed by atoms with Crippen LogP contribution < -0.4 is 10.6 Å². The normalized spacial score (nSPS) is 27.3. The molecular formula is C19H22N4O4. The third-order valence-corrected chi connectivity index (χ3v) is 5.76. The summed E-state index contributed by atoms with van der Waals surface area (Å²) >= 11 is 0. The number of furan rings is 1. The maximum Gasteiger partial charge on any atom is 0.289 e. The van der Waals surface area contributed by atoms with Crippen molar-refractivity contribution < 1.29 is 18.7 Å². The Morgan fingerprint density at radius 3 is 2.81 bits per heavy atom. The highest BCUT2D eigenvalue weighted by atomic mass is 16.5. The summed E-state index contributed by atoms with van der Waals surface area (Å²) in [4.78, 5) is 31.1. The summed E-state index contributed by atoms with van der Waals surface area (Å²) in [7, 11) is 0. The molecule has 3 saturated heterocycles. The Morgan fingerprint density at radius 1 is 1.22 bits per heavy atom. The maximum atomic E-state index is 12.6. The van der Waals surface area contributed by atoms with E-state index in [2.05, 4.69) is 15.6 Å². The van der Waals surface area contributed by atoms with Crippen molar-refractivity contribution in [3.63, 3.8) is 0 Å². The van der Waals surface area contributed by atoms with Crippen LogP contribution in [0.4, 0.5) is 0 Å². The number of nitrogens with zero attached hydrogens (tertiary/aromatic N) is 2. The van der Waals surface area contributed by atoms with Gasteiger partial charge in [-0.05, 0) is 25.3 Å². The van der Waals surface area contributed by atoms with Crippen LogP contribution in [0.25, 0.3) is 11.0 Å². The largest absolute Gasteiger partial charge is 0.451 e. The Kier molecular flexibility index (Phi) is 4.09. The van der Waals surface area contributed by atoms with E-state index in [1.165, 1.54) is 6.42 Å². The second-order valence-electron chi connectivity index (χ2n) is 7.49. The van der Waals surface area contributed by atoms with E-state index >= 15 is 0 Å². The zero-order valence-electron chi connectivity index (χ0n) is 14.9. The van der Waals surface area contributed by atoms with Gasteiger partial charge in [-0.1, -0.05) is 0 Å². The lowest BCUT2D eigenvalue weighted by molar-refractivity contribution is 0.0284. The second kappa shape index (κ2) is 6.61. The van der Waals surface area contributed by atoms with Crippen molar-refractivity contribution >= 4 is 22.8 Å². The number of aromatic nitrogens is 1. The number of carbonyl (C=O) groups excluding carboxylic acids is 2. The number of nitrogens with one attached hydrogen (secondary N) is 2. The molecule has 2 aromatic rings. The number of morpholine rings is 1. The van der Waals surface area contributed by atoms with Crippen molar-refractivity contribution in [3.05, 3.63) is 29.8 Å². The number of pyridine rings is 1. The van der Waals surface area contributed by atoms with E-state index in [-0.39, 0.29) is 23.6 Å². The molecule has 0 spiro atoms. The Balaban J connectivity index is 1.32. The van der Waals surface area contributed by atoms with Crippen LogP contribution in [0, 0.1) is 0 Å². The van der Waals surface area contributed by atoms with Crippen LogP contribution in [-0.2, 0) is 4.74 Å². The predicted molar refractivity (Wildman–Crippen MR) is 96.5 cm³/mol. The molecule has 8 nitrogen and oxygen atoms in total. The topological polar surface area (TPSA) is 96.7 Å². The Hall–Kier alpha value is -2.45. The minimum Gasteiger partial charge on any atom is -0.451 e. The number of carbonyl (C=O) groups is 2. The van der Waals surface area contributed by atoms with Gasteiger partial charge in [-0.25, -0.2) is 0 Å². The number of hydrogen-bond acceptors (Lipinski definition) is 6. The monoisotopic (exact) mass is 370 g/mol. The predicted octanol–water partition coefficient (Wildman–Crippen LogP) is 0.923. The molecule has 8 heteroatoms. The van der Waals surface area contributed by atoms with Crippen LogP contribution in [0.3, 0.4) is 0 Å². The van der Waals surface area contributed by atoms with E-state index in [9.17, 15) is 9.59 Å². The number of amides is 2. The SMILES string of the molecule is O=C(N[C@@H]1C[C@H]2CC[C@@H]1N2)c1cc2oc(C(=O)N3CCOCC3)cc2cn1.